The lowest BCUT2D eigenvalue weighted by atomic mass is 9.68. The van der Waals surface area contributed by atoms with Crippen LogP contribution in [0, 0.1) is 29.1 Å². The molecule has 0 unspecified atom stereocenters. The number of nitrogens with zero attached hydrogens (tertiary/aromatic N) is 3. The minimum Gasteiger partial charge on any atom is -0.378 e. The van der Waals surface area contributed by atoms with E-state index in [1.54, 1.807) is 0 Å². The average Bonchev–Trinajstić information content (AvgIpc) is 3.58. The molecule has 0 bridgehead atoms. The van der Waals surface area contributed by atoms with Crippen LogP contribution in [0.2, 0.25) is 0 Å². The Morgan fingerprint density at radius 3 is 2.46 bits per heavy atom. The number of Topliss-reactive ketones (excluding diaryl/α,β-unsaturated/α-hetero) is 1. The summed E-state index contributed by atoms with van der Waals surface area (Å²) in [6, 6.07) is 13.0. The Hall–Kier alpha value is -3.38. The van der Waals surface area contributed by atoms with Crippen LogP contribution in [0.1, 0.15) is 77.7 Å². The molecule has 2 heterocycles. The number of carbonyl (C=O) groups excluding carboxylic acids is 1. The van der Waals surface area contributed by atoms with Gasteiger partial charge in [0.05, 0.1) is 36.6 Å². The maximum Gasteiger partial charge on any atom is 0.193 e. The summed E-state index contributed by atoms with van der Waals surface area (Å²) in [5, 5.41) is 9.44. The Morgan fingerprint density at radius 2 is 1.77 bits per heavy atom. The Bertz CT molecular complexity index is 1500. The molecule has 0 spiro atoms. The van der Waals surface area contributed by atoms with Gasteiger partial charge < -0.3 is 9.64 Å². The zero-order valence-electron chi connectivity index (χ0n) is 23.0. The lowest BCUT2D eigenvalue weighted by Crippen LogP contribution is -2.56. The van der Waals surface area contributed by atoms with Crippen LogP contribution in [0.3, 0.4) is 0 Å². The van der Waals surface area contributed by atoms with Gasteiger partial charge in [-0.1, -0.05) is 44.6 Å². The molecule has 0 radical (unpaired) electrons. The number of ketones is 1. The quantitative estimate of drug-likeness (QED) is 0.519. The van der Waals surface area contributed by atoms with Crippen molar-refractivity contribution in [2.24, 2.45) is 5.92 Å². The first-order valence-corrected chi connectivity index (χ1v) is 14.5. The van der Waals surface area contributed by atoms with Crippen LogP contribution in [0.25, 0.3) is 5.57 Å². The van der Waals surface area contributed by atoms with Crippen molar-refractivity contribution in [1.29, 1.82) is 5.26 Å². The molecular weight excluding hydrogens is 482 g/mol. The molecule has 0 atom stereocenters. The molecule has 3 fully saturated rings. The number of piperazine rings is 1. The minimum atomic E-state index is -0.290. The van der Waals surface area contributed by atoms with Crippen molar-refractivity contribution >= 4 is 17.0 Å². The standard InChI is InChI=1S/C34H35N3O2/c1-34(2)29-18-31(37-13-11-36(12-14-37)26-20-39-21-26)24(9-7-22-5-3-4-6-22)16-28(29)33(38)32-27-10-8-23(19-35)15-25(27)17-30(32)34/h8,10,15-16,18,22,26H,3-6,11-14,17,20-21H2,1-2H3. The zero-order chi connectivity index (χ0) is 26.7. The number of fused-ring (bicyclic) bond motifs is 3. The average molecular weight is 518 g/mol. The van der Waals surface area contributed by atoms with Crippen LogP contribution < -0.4 is 4.90 Å². The topological polar surface area (TPSA) is 56.6 Å². The van der Waals surface area contributed by atoms with Gasteiger partial charge in [0, 0.05) is 54.2 Å². The van der Waals surface area contributed by atoms with Crippen molar-refractivity contribution in [3.05, 3.63) is 69.3 Å². The van der Waals surface area contributed by atoms with E-state index in [4.69, 9.17) is 4.74 Å². The van der Waals surface area contributed by atoms with E-state index in [2.05, 4.69) is 53.7 Å². The lowest BCUT2D eigenvalue weighted by molar-refractivity contribution is -0.0660. The summed E-state index contributed by atoms with van der Waals surface area (Å²) in [6.45, 7) is 10.2. The summed E-state index contributed by atoms with van der Waals surface area (Å²) in [7, 11) is 0. The minimum absolute atomic E-state index is 0.105. The van der Waals surface area contributed by atoms with Gasteiger partial charge >= 0.3 is 0 Å². The fourth-order valence-corrected chi connectivity index (χ4v) is 7.25. The molecule has 3 aliphatic carbocycles. The molecule has 39 heavy (non-hydrogen) atoms. The number of ether oxygens (including phenoxy) is 1. The van der Waals surface area contributed by atoms with Crippen molar-refractivity contribution in [3.63, 3.8) is 0 Å². The molecule has 2 aliphatic heterocycles. The summed E-state index contributed by atoms with van der Waals surface area (Å²) in [4.78, 5) is 19.2. The molecule has 2 aromatic rings. The van der Waals surface area contributed by atoms with E-state index in [1.807, 2.05) is 18.2 Å². The second kappa shape index (κ2) is 9.37. The highest BCUT2D eigenvalue weighted by Gasteiger charge is 2.43. The smallest absolute Gasteiger partial charge is 0.193 e. The van der Waals surface area contributed by atoms with E-state index < -0.39 is 0 Å². The maximum atomic E-state index is 14.2. The largest absolute Gasteiger partial charge is 0.378 e. The first kappa shape index (κ1) is 24.6. The number of anilines is 1. The number of hydrogen-bond acceptors (Lipinski definition) is 5. The van der Waals surface area contributed by atoms with Gasteiger partial charge in [0.25, 0.3) is 0 Å². The molecule has 198 valence electrons. The normalized spacial score (nSPS) is 22.5. The van der Waals surface area contributed by atoms with Gasteiger partial charge in [-0.15, -0.1) is 0 Å². The van der Waals surface area contributed by atoms with Crippen LogP contribution in [0.5, 0.6) is 0 Å². The van der Waals surface area contributed by atoms with Crippen LogP contribution in [0.15, 0.2) is 35.9 Å². The first-order valence-electron chi connectivity index (χ1n) is 14.5. The second-order valence-corrected chi connectivity index (χ2v) is 12.3. The van der Waals surface area contributed by atoms with E-state index in [-0.39, 0.29) is 11.2 Å². The van der Waals surface area contributed by atoms with E-state index >= 15 is 0 Å². The maximum absolute atomic E-state index is 14.2. The lowest BCUT2D eigenvalue weighted by Gasteiger charge is -2.44. The zero-order valence-corrected chi connectivity index (χ0v) is 23.0. The Kier molecular flexibility index (Phi) is 5.92. The second-order valence-electron chi connectivity index (χ2n) is 12.3. The molecule has 0 amide bonds. The van der Waals surface area contributed by atoms with Crippen LogP contribution in [0.4, 0.5) is 5.69 Å². The summed E-state index contributed by atoms with van der Waals surface area (Å²) < 4.78 is 5.44. The summed E-state index contributed by atoms with van der Waals surface area (Å²) in [5.74, 6) is 7.72. The van der Waals surface area contributed by atoms with Gasteiger partial charge in [-0.25, -0.2) is 0 Å². The van der Waals surface area contributed by atoms with Crippen molar-refractivity contribution in [3.8, 4) is 17.9 Å². The predicted octanol–water partition coefficient (Wildman–Crippen LogP) is 5.10. The van der Waals surface area contributed by atoms with E-state index in [0.717, 1.165) is 79.2 Å². The van der Waals surface area contributed by atoms with Gasteiger partial charge in [-0.05, 0) is 65.8 Å². The monoisotopic (exact) mass is 517 g/mol. The third-order valence-electron chi connectivity index (χ3n) is 9.77. The highest BCUT2D eigenvalue weighted by atomic mass is 16.5. The van der Waals surface area contributed by atoms with Gasteiger partial charge in [0.1, 0.15) is 0 Å². The fraction of sp³-hybridized carbons (Fsp3) is 0.471. The van der Waals surface area contributed by atoms with Gasteiger partial charge in [-0.2, -0.15) is 5.26 Å². The molecule has 0 N–H and O–H groups in total. The molecule has 0 aromatic heterocycles. The van der Waals surface area contributed by atoms with Gasteiger partial charge in [0.15, 0.2) is 5.78 Å². The predicted molar refractivity (Wildman–Crippen MR) is 153 cm³/mol. The van der Waals surface area contributed by atoms with Gasteiger partial charge in [-0.3, -0.25) is 9.69 Å². The SMILES string of the molecule is CC1(C)C2=C(C(=O)c3cc(C#CC4CCCC4)c(N4CCN(C5COC5)CC4)cc31)c1ccc(C#N)cc1C2. The molecule has 7 rings (SSSR count). The third kappa shape index (κ3) is 4.03. The summed E-state index contributed by atoms with van der Waals surface area (Å²) in [6.07, 6.45) is 5.61. The Balaban J connectivity index is 1.30. The number of carbonyl (C=O) groups is 1. The first-order chi connectivity index (χ1) is 18.9. The van der Waals surface area contributed by atoms with Crippen LogP contribution >= 0.6 is 0 Å². The Morgan fingerprint density at radius 1 is 1.00 bits per heavy atom. The van der Waals surface area contributed by atoms with Crippen molar-refractivity contribution in [2.75, 3.05) is 44.3 Å². The number of hydrogen-bond donors (Lipinski definition) is 0. The molecule has 5 aliphatic rings. The van der Waals surface area contributed by atoms with Crippen LogP contribution in [-0.2, 0) is 16.6 Å². The molecular formula is C34H35N3O2. The summed E-state index contributed by atoms with van der Waals surface area (Å²) in [5.41, 5.74) is 8.52. The third-order valence-corrected chi connectivity index (χ3v) is 9.77. The van der Waals surface area contributed by atoms with Crippen molar-refractivity contribution < 1.29 is 9.53 Å². The summed E-state index contributed by atoms with van der Waals surface area (Å²) >= 11 is 0. The fourth-order valence-electron chi connectivity index (χ4n) is 7.25. The molecule has 2 aromatic carbocycles. The van der Waals surface area contributed by atoms with E-state index in [0.29, 0.717) is 17.5 Å². The number of allylic oxidation sites excluding steroid dienone is 2. The van der Waals surface area contributed by atoms with Crippen molar-refractivity contribution in [1.82, 2.24) is 4.90 Å². The number of nitriles is 1. The molecule has 5 nitrogen and oxygen atoms in total. The van der Waals surface area contributed by atoms with E-state index in [1.165, 1.54) is 36.9 Å². The van der Waals surface area contributed by atoms with Gasteiger partial charge in [0.2, 0.25) is 0 Å². The highest BCUT2D eigenvalue weighted by molar-refractivity contribution is 6.33. The van der Waals surface area contributed by atoms with Crippen LogP contribution in [-0.4, -0.2) is 56.1 Å². The highest BCUT2D eigenvalue weighted by Crippen LogP contribution is 2.51. The number of benzene rings is 2. The molecule has 5 heteroatoms. The van der Waals surface area contributed by atoms with E-state index in [9.17, 15) is 10.1 Å². The molecule has 1 saturated carbocycles. The Labute approximate surface area is 231 Å². The number of rotatable bonds is 2. The van der Waals surface area contributed by atoms with Crippen molar-refractivity contribution in [2.45, 2.75) is 57.4 Å². The molecule has 2 saturated heterocycles.